The Balaban J connectivity index is 2.73. The Morgan fingerprint density at radius 2 is 1.71 bits per heavy atom. The summed E-state index contributed by atoms with van der Waals surface area (Å²) in [4.78, 5) is 44.2. The van der Waals surface area contributed by atoms with Crippen molar-refractivity contribution in [2.24, 2.45) is 17.3 Å². The molecule has 7 nitrogen and oxygen atoms in total. The van der Waals surface area contributed by atoms with E-state index in [0.717, 1.165) is 25.7 Å². The van der Waals surface area contributed by atoms with E-state index in [1.807, 2.05) is 20.8 Å². The molecule has 8 heteroatoms. The van der Waals surface area contributed by atoms with Crippen molar-refractivity contribution in [3.05, 3.63) is 15.8 Å². The van der Waals surface area contributed by atoms with Gasteiger partial charge < -0.3 is 14.4 Å². The van der Waals surface area contributed by atoms with Crippen LogP contribution in [0.1, 0.15) is 74.9 Å². The summed E-state index contributed by atoms with van der Waals surface area (Å²) < 4.78 is 10.6. The normalized spacial score (nSPS) is 19.7. The third kappa shape index (κ3) is 7.31. The Labute approximate surface area is 214 Å². The molecule has 0 bridgehead atoms. The number of hydrogen-bond donors (Lipinski definition) is 0. The van der Waals surface area contributed by atoms with Crippen LogP contribution in [0.5, 0.6) is 0 Å². The van der Waals surface area contributed by atoms with Crippen molar-refractivity contribution >= 4 is 34.8 Å². The highest BCUT2D eigenvalue weighted by molar-refractivity contribution is 7.15. The van der Waals surface area contributed by atoms with Crippen LogP contribution >= 0.6 is 11.3 Å². The second-order valence-corrected chi connectivity index (χ2v) is 11.7. The van der Waals surface area contributed by atoms with Crippen LogP contribution in [0.2, 0.25) is 0 Å². The number of amides is 2. The van der Waals surface area contributed by atoms with Gasteiger partial charge in [0.2, 0.25) is 11.8 Å². The first kappa shape index (κ1) is 28.9. The molecule has 0 saturated heterocycles. The Morgan fingerprint density at radius 1 is 1.11 bits per heavy atom. The van der Waals surface area contributed by atoms with E-state index in [1.54, 1.807) is 27.1 Å². The minimum Gasteiger partial charge on any atom is -0.465 e. The zero-order chi connectivity index (χ0) is 26.5. The minimum atomic E-state index is -0.941. The van der Waals surface area contributed by atoms with Crippen LogP contribution in [0.3, 0.4) is 0 Å². The number of carbonyl (C=O) groups excluding carboxylic acids is 3. The molecule has 1 aromatic heterocycles. The monoisotopic (exact) mass is 504 g/mol. The van der Waals surface area contributed by atoms with E-state index in [0.29, 0.717) is 16.5 Å². The van der Waals surface area contributed by atoms with Gasteiger partial charge >= 0.3 is 5.97 Å². The average Bonchev–Trinajstić information content (AvgIpc) is 3.23. The van der Waals surface area contributed by atoms with Crippen molar-refractivity contribution in [1.29, 1.82) is 0 Å². The first-order valence-electron chi connectivity index (χ1n) is 12.1. The van der Waals surface area contributed by atoms with Crippen LogP contribution in [0.15, 0.2) is 6.07 Å². The standard InChI is InChI=1S/C27H40N2O5S/c1-17-10-12-19(13-11-17)24(30)29(22(18(2)33-8)25(31)28(6)7)21-16-20(14-15-27(3,4)5)35-23(21)26(32)34-9/h16-19,22H,10-13H2,1-9H3/t17-,18-,19-,22-/m1/s1. The topological polar surface area (TPSA) is 76.2 Å². The van der Waals surface area contributed by atoms with E-state index in [4.69, 9.17) is 9.47 Å². The van der Waals surface area contributed by atoms with Crippen molar-refractivity contribution in [3.8, 4) is 11.8 Å². The van der Waals surface area contributed by atoms with Crippen molar-refractivity contribution in [3.63, 3.8) is 0 Å². The van der Waals surface area contributed by atoms with Crippen LogP contribution in [-0.2, 0) is 19.1 Å². The molecule has 0 spiro atoms. The molecule has 1 aromatic rings. The molecule has 194 valence electrons. The second-order valence-electron chi connectivity index (χ2n) is 10.6. The summed E-state index contributed by atoms with van der Waals surface area (Å²) in [5.74, 6) is 5.64. The smallest absolute Gasteiger partial charge is 0.350 e. The van der Waals surface area contributed by atoms with E-state index in [-0.39, 0.29) is 28.0 Å². The summed E-state index contributed by atoms with van der Waals surface area (Å²) in [5, 5.41) is 0. The summed E-state index contributed by atoms with van der Waals surface area (Å²) in [6.45, 7) is 9.96. The maximum atomic E-state index is 14.1. The Bertz CT molecular complexity index is 974. The fourth-order valence-corrected chi connectivity index (χ4v) is 5.06. The van der Waals surface area contributed by atoms with Crippen molar-refractivity contribution in [2.75, 3.05) is 33.2 Å². The number of thiophene rings is 1. The van der Waals surface area contributed by atoms with Gasteiger partial charge in [-0.3, -0.25) is 14.5 Å². The van der Waals surface area contributed by atoms with Gasteiger partial charge in [0, 0.05) is 32.5 Å². The largest absolute Gasteiger partial charge is 0.465 e. The SMILES string of the molecule is COC(=O)c1sc(C#CC(C)(C)C)cc1N(C(=O)[C@H]1CC[C@H](C)CC1)[C@@H](C(=O)N(C)C)[C@@H](C)OC. The fraction of sp³-hybridized carbons (Fsp3) is 0.667. The molecule has 2 amide bonds. The fourth-order valence-electron chi connectivity index (χ4n) is 4.13. The van der Waals surface area contributed by atoms with Crippen LogP contribution in [0, 0.1) is 29.1 Å². The molecule has 0 aromatic carbocycles. The zero-order valence-electron chi connectivity index (χ0n) is 22.6. The highest BCUT2D eigenvalue weighted by atomic mass is 32.1. The molecule has 1 saturated carbocycles. The predicted molar refractivity (Wildman–Crippen MR) is 140 cm³/mol. The molecule has 1 heterocycles. The van der Waals surface area contributed by atoms with Gasteiger partial charge in [-0.05, 0) is 65.4 Å². The molecular weight excluding hydrogens is 464 g/mol. The van der Waals surface area contributed by atoms with E-state index < -0.39 is 18.1 Å². The number of hydrogen-bond acceptors (Lipinski definition) is 6. The van der Waals surface area contributed by atoms with Gasteiger partial charge in [-0.2, -0.15) is 0 Å². The first-order chi connectivity index (χ1) is 16.3. The summed E-state index contributed by atoms with van der Waals surface area (Å²) in [6.07, 6.45) is 2.79. The average molecular weight is 505 g/mol. The first-order valence-corrected chi connectivity index (χ1v) is 12.9. The molecule has 0 N–H and O–H groups in total. The number of esters is 1. The second kappa shape index (κ2) is 12.0. The number of nitrogens with zero attached hydrogens (tertiary/aromatic N) is 2. The molecule has 1 fully saturated rings. The van der Waals surface area contributed by atoms with E-state index >= 15 is 0 Å². The Hall–Kier alpha value is -2.37. The Kier molecular flexibility index (Phi) is 9.94. The number of rotatable bonds is 7. The van der Waals surface area contributed by atoms with Gasteiger partial charge in [0.15, 0.2) is 0 Å². The quantitative estimate of drug-likeness (QED) is 0.401. The predicted octanol–water partition coefficient (Wildman–Crippen LogP) is 4.58. The van der Waals surface area contributed by atoms with E-state index in [9.17, 15) is 14.4 Å². The van der Waals surface area contributed by atoms with Crippen molar-refractivity contribution in [1.82, 2.24) is 4.90 Å². The summed E-state index contributed by atoms with van der Waals surface area (Å²) in [5.41, 5.74) is 0.116. The third-order valence-electron chi connectivity index (χ3n) is 6.29. The number of carbonyl (C=O) groups is 3. The Morgan fingerprint density at radius 3 is 2.20 bits per heavy atom. The van der Waals surface area contributed by atoms with Gasteiger partial charge in [0.05, 0.1) is 23.8 Å². The highest BCUT2D eigenvalue weighted by Gasteiger charge is 2.42. The molecule has 2 rings (SSSR count). The number of likely N-dealkylation sites (N-methyl/N-ethyl adjacent to an activating group) is 1. The molecule has 0 aliphatic heterocycles. The highest BCUT2D eigenvalue weighted by Crippen LogP contribution is 2.37. The van der Waals surface area contributed by atoms with Gasteiger partial charge in [0.1, 0.15) is 10.9 Å². The lowest BCUT2D eigenvalue weighted by atomic mass is 9.82. The van der Waals surface area contributed by atoms with Crippen LogP contribution in [0.25, 0.3) is 0 Å². The number of anilines is 1. The van der Waals surface area contributed by atoms with Crippen molar-refractivity contribution < 1.29 is 23.9 Å². The minimum absolute atomic E-state index is 0.167. The van der Waals surface area contributed by atoms with Crippen LogP contribution < -0.4 is 4.90 Å². The van der Waals surface area contributed by atoms with Gasteiger partial charge in [-0.15, -0.1) is 11.3 Å². The maximum absolute atomic E-state index is 14.1. The summed E-state index contributed by atoms with van der Waals surface area (Å²) >= 11 is 1.17. The molecule has 0 radical (unpaired) electrons. The van der Waals surface area contributed by atoms with Crippen molar-refractivity contribution in [2.45, 2.75) is 72.4 Å². The molecule has 1 aliphatic rings. The van der Waals surface area contributed by atoms with Gasteiger partial charge in [0.25, 0.3) is 0 Å². The zero-order valence-corrected chi connectivity index (χ0v) is 23.4. The van der Waals surface area contributed by atoms with Crippen LogP contribution in [-0.4, -0.2) is 63.1 Å². The van der Waals surface area contributed by atoms with Crippen LogP contribution in [0.4, 0.5) is 5.69 Å². The summed E-state index contributed by atoms with van der Waals surface area (Å²) in [7, 11) is 6.12. The van der Waals surface area contributed by atoms with E-state index in [1.165, 1.54) is 35.4 Å². The maximum Gasteiger partial charge on any atom is 0.350 e. The third-order valence-corrected chi connectivity index (χ3v) is 7.31. The summed E-state index contributed by atoms with van der Waals surface area (Å²) in [6, 6.07) is 0.792. The molecule has 1 aliphatic carbocycles. The molecular formula is C27H40N2O5S. The lowest BCUT2D eigenvalue weighted by Crippen LogP contribution is -2.57. The molecule has 2 atom stereocenters. The number of ether oxygens (including phenoxy) is 2. The van der Waals surface area contributed by atoms with Gasteiger partial charge in [-0.25, -0.2) is 4.79 Å². The lowest BCUT2D eigenvalue weighted by Gasteiger charge is -2.38. The van der Waals surface area contributed by atoms with E-state index in [2.05, 4.69) is 18.8 Å². The number of methoxy groups -OCH3 is 2. The van der Waals surface area contributed by atoms with Gasteiger partial charge in [-0.1, -0.05) is 18.8 Å². The lowest BCUT2D eigenvalue weighted by molar-refractivity contribution is -0.136. The molecule has 0 unspecified atom stereocenters. The molecule has 35 heavy (non-hydrogen) atoms.